The van der Waals surface area contributed by atoms with E-state index >= 15 is 0 Å². The number of allylic oxidation sites excluding steroid dienone is 1. The highest BCUT2D eigenvalue weighted by Gasteiger charge is 2.41. The van der Waals surface area contributed by atoms with E-state index in [0.717, 1.165) is 12.0 Å². The SMILES string of the molecule is C=C(C)CC1(C(=O)O)CCc2ccccc2C1. The first kappa shape index (κ1) is 11.9. The number of carboxylic acids is 1. The standard InChI is InChI=1S/C15H18O2/c1-11(2)9-15(14(16)17)8-7-12-5-3-4-6-13(12)10-15/h3-6H,1,7-10H2,2H3,(H,16,17). The topological polar surface area (TPSA) is 37.3 Å². The third-order valence-corrected chi connectivity index (χ3v) is 3.61. The lowest BCUT2D eigenvalue weighted by Crippen LogP contribution is -2.37. The van der Waals surface area contributed by atoms with Gasteiger partial charge in [-0.05, 0) is 43.7 Å². The molecule has 90 valence electrons. The molecule has 0 aliphatic heterocycles. The smallest absolute Gasteiger partial charge is 0.310 e. The Hall–Kier alpha value is -1.57. The van der Waals surface area contributed by atoms with Gasteiger partial charge < -0.3 is 5.11 Å². The van der Waals surface area contributed by atoms with E-state index in [9.17, 15) is 9.90 Å². The quantitative estimate of drug-likeness (QED) is 0.809. The summed E-state index contributed by atoms with van der Waals surface area (Å²) >= 11 is 0. The average molecular weight is 230 g/mol. The molecule has 0 bridgehead atoms. The molecule has 0 fully saturated rings. The molecule has 0 aromatic heterocycles. The lowest BCUT2D eigenvalue weighted by molar-refractivity contribution is -0.149. The molecule has 0 heterocycles. The molecule has 1 aromatic carbocycles. The van der Waals surface area contributed by atoms with Crippen molar-refractivity contribution in [3.8, 4) is 0 Å². The number of rotatable bonds is 3. The third-order valence-electron chi connectivity index (χ3n) is 3.61. The molecule has 0 radical (unpaired) electrons. The molecule has 2 rings (SSSR count). The van der Waals surface area contributed by atoms with Gasteiger partial charge in [0.2, 0.25) is 0 Å². The number of fused-ring (bicyclic) bond motifs is 1. The van der Waals surface area contributed by atoms with Gasteiger partial charge in [-0.25, -0.2) is 0 Å². The van der Waals surface area contributed by atoms with Crippen LogP contribution in [0.5, 0.6) is 0 Å². The zero-order valence-electron chi connectivity index (χ0n) is 10.2. The first-order valence-corrected chi connectivity index (χ1v) is 5.98. The summed E-state index contributed by atoms with van der Waals surface area (Å²) in [6.45, 7) is 5.78. The van der Waals surface area contributed by atoms with Crippen molar-refractivity contribution in [1.82, 2.24) is 0 Å². The van der Waals surface area contributed by atoms with Crippen LogP contribution in [0.4, 0.5) is 0 Å². The highest BCUT2D eigenvalue weighted by Crippen LogP contribution is 2.40. The molecule has 2 heteroatoms. The average Bonchev–Trinajstić information content (AvgIpc) is 2.27. The summed E-state index contributed by atoms with van der Waals surface area (Å²) in [5, 5.41) is 9.52. The fourth-order valence-corrected chi connectivity index (χ4v) is 2.79. The van der Waals surface area contributed by atoms with Gasteiger partial charge in [0, 0.05) is 0 Å². The Labute approximate surface area is 102 Å². The Balaban J connectivity index is 2.34. The predicted molar refractivity (Wildman–Crippen MR) is 68.0 cm³/mol. The molecule has 0 saturated carbocycles. The van der Waals surface area contributed by atoms with Crippen LogP contribution in [0.15, 0.2) is 36.4 Å². The molecule has 1 aromatic rings. The van der Waals surface area contributed by atoms with Gasteiger partial charge in [-0.3, -0.25) is 4.79 Å². The second-order valence-corrected chi connectivity index (χ2v) is 5.16. The Bertz CT molecular complexity index is 462. The van der Waals surface area contributed by atoms with Crippen molar-refractivity contribution < 1.29 is 9.90 Å². The summed E-state index contributed by atoms with van der Waals surface area (Å²) < 4.78 is 0. The number of hydrogen-bond acceptors (Lipinski definition) is 1. The van der Waals surface area contributed by atoms with E-state index in [1.165, 1.54) is 11.1 Å². The van der Waals surface area contributed by atoms with E-state index in [2.05, 4.69) is 12.6 Å². The lowest BCUT2D eigenvalue weighted by Gasteiger charge is -2.34. The van der Waals surface area contributed by atoms with E-state index in [1.54, 1.807) is 0 Å². The minimum atomic E-state index is -0.685. The fourth-order valence-electron chi connectivity index (χ4n) is 2.79. The normalized spacial score (nSPS) is 22.9. The summed E-state index contributed by atoms with van der Waals surface area (Å²) in [5.41, 5.74) is 2.79. The minimum absolute atomic E-state index is 0.580. The van der Waals surface area contributed by atoms with Crippen molar-refractivity contribution in [2.75, 3.05) is 0 Å². The molecule has 0 amide bonds. The molecule has 1 atom stereocenters. The van der Waals surface area contributed by atoms with E-state index < -0.39 is 11.4 Å². The Morgan fingerprint density at radius 1 is 1.41 bits per heavy atom. The zero-order chi connectivity index (χ0) is 12.5. The number of benzene rings is 1. The Morgan fingerprint density at radius 3 is 2.65 bits per heavy atom. The van der Waals surface area contributed by atoms with Gasteiger partial charge >= 0.3 is 5.97 Å². The van der Waals surface area contributed by atoms with Gasteiger partial charge in [-0.15, -0.1) is 6.58 Å². The zero-order valence-corrected chi connectivity index (χ0v) is 10.2. The predicted octanol–water partition coefficient (Wildman–Crippen LogP) is 3.21. The summed E-state index contributed by atoms with van der Waals surface area (Å²) in [5.74, 6) is -0.685. The Kier molecular flexibility index (Phi) is 3.05. The van der Waals surface area contributed by atoms with Crippen molar-refractivity contribution in [2.45, 2.75) is 32.6 Å². The van der Waals surface area contributed by atoms with Crippen molar-refractivity contribution in [3.05, 3.63) is 47.5 Å². The van der Waals surface area contributed by atoms with Gasteiger partial charge in [0.1, 0.15) is 0 Å². The largest absolute Gasteiger partial charge is 0.481 e. The third kappa shape index (κ3) is 2.26. The van der Waals surface area contributed by atoms with Crippen LogP contribution in [-0.2, 0) is 17.6 Å². The Morgan fingerprint density at radius 2 is 2.06 bits per heavy atom. The first-order valence-electron chi connectivity index (χ1n) is 5.98. The van der Waals surface area contributed by atoms with Crippen LogP contribution in [-0.4, -0.2) is 11.1 Å². The van der Waals surface area contributed by atoms with Gasteiger partial charge in [0.05, 0.1) is 5.41 Å². The molecule has 0 saturated heterocycles. The number of aliphatic carboxylic acids is 1. The molecular weight excluding hydrogens is 212 g/mol. The van der Waals surface area contributed by atoms with Gasteiger partial charge in [-0.1, -0.05) is 29.8 Å². The maximum Gasteiger partial charge on any atom is 0.310 e. The number of aryl methyl sites for hydroxylation is 1. The summed E-state index contributed by atoms with van der Waals surface area (Å²) in [7, 11) is 0. The minimum Gasteiger partial charge on any atom is -0.481 e. The van der Waals surface area contributed by atoms with Crippen molar-refractivity contribution in [3.63, 3.8) is 0 Å². The molecule has 1 aliphatic rings. The van der Waals surface area contributed by atoms with E-state index in [-0.39, 0.29) is 0 Å². The molecule has 1 aliphatic carbocycles. The monoisotopic (exact) mass is 230 g/mol. The van der Waals surface area contributed by atoms with Crippen LogP contribution >= 0.6 is 0 Å². The van der Waals surface area contributed by atoms with Crippen molar-refractivity contribution in [1.29, 1.82) is 0 Å². The second-order valence-electron chi connectivity index (χ2n) is 5.16. The maximum atomic E-state index is 11.6. The van der Waals surface area contributed by atoms with Gasteiger partial charge in [0.25, 0.3) is 0 Å². The van der Waals surface area contributed by atoms with Crippen LogP contribution < -0.4 is 0 Å². The second kappa shape index (κ2) is 4.36. The van der Waals surface area contributed by atoms with E-state index in [0.29, 0.717) is 19.3 Å². The lowest BCUT2D eigenvalue weighted by atomic mass is 9.68. The molecule has 0 spiro atoms. The van der Waals surface area contributed by atoms with Crippen LogP contribution in [0, 0.1) is 5.41 Å². The first-order chi connectivity index (χ1) is 8.03. The number of carbonyl (C=O) groups is 1. The fraction of sp³-hybridized carbons (Fsp3) is 0.400. The van der Waals surface area contributed by atoms with Crippen LogP contribution in [0.2, 0.25) is 0 Å². The molecular formula is C15H18O2. The molecule has 17 heavy (non-hydrogen) atoms. The molecule has 1 unspecified atom stereocenters. The van der Waals surface area contributed by atoms with E-state index in [1.807, 2.05) is 25.1 Å². The highest BCUT2D eigenvalue weighted by molar-refractivity contribution is 5.76. The molecule has 2 nitrogen and oxygen atoms in total. The van der Waals surface area contributed by atoms with E-state index in [4.69, 9.17) is 0 Å². The highest BCUT2D eigenvalue weighted by atomic mass is 16.4. The maximum absolute atomic E-state index is 11.6. The van der Waals surface area contributed by atoms with Crippen molar-refractivity contribution >= 4 is 5.97 Å². The molecule has 1 N–H and O–H groups in total. The van der Waals surface area contributed by atoms with Gasteiger partial charge in [-0.2, -0.15) is 0 Å². The number of hydrogen-bond donors (Lipinski definition) is 1. The summed E-state index contributed by atoms with van der Waals surface area (Å²) in [4.78, 5) is 11.6. The van der Waals surface area contributed by atoms with Crippen LogP contribution in [0.25, 0.3) is 0 Å². The van der Waals surface area contributed by atoms with Gasteiger partial charge in [0.15, 0.2) is 0 Å². The summed E-state index contributed by atoms with van der Waals surface area (Å²) in [6.07, 6.45) is 2.78. The van der Waals surface area contributed by atoms with Crippen LogP contribution in [0.3, 0.4) is 0 Å². The summed E-state index contributed by atoms with van der Waals surface area (Å²) in [6, 6.07) is 8.15. The van der Waals surface area contributed by atoms with Crippen LogP contribution in [0.1, 0.15) is 30.9 Å². The van der Waals surface area contributed by atoms with Crippen molar-refractivity contribution in [2.24, 2.45) is 5.41 Å². The number of carboxylic acid groups (broad SMARTS) is 1.